The minimum absolute atomic E-state index is 0.178. The van der Waals surface area contributed by atoms with Crippen molar-refractivity contribution < 1.29 is 23.8 Å². The van der Waals surface area contributed by atoms with Crippen molar-refractivity contribution in [3.63, 3.8) is 0 Å². The monoisotopic (exact) mass is 495 g/mol. The molecule has 0 radical (unpaired) electrons. The van der Waals surface area contributed by atoms with E-state index >= 15 is 0 Å². The van der Waals surface area contributed by atoms with Crippen molar-refractivity contribution in [2.75, 3.05) is 55.1 Å². The van der Waals surface area contributed by atoms with Gasteiger partial charge < -0.3 is 29.7 Å². The molecule has 35 heavy (non-hydrogen) atoms. The summed E-state index contributed by atoms with van der Waals surface area (Å²) in [6, 6.07) is 14.1. The Labute approximate surface area is 208 Å². The van der Waals surface area contributed by atoms with Crippen LogP contribution in [0.5, 0.6) is 11.5 Å². The van der Waals surface area contributed by atoms with Crippen LogP contribution in [0, 0.1) is 0 Å². The lowest BCUT2D eigenvalue weighted by molar-refractivity contribution is 0.102. The zero-order chi connectivity index (χ0) is 24.6. The zero-order valence-electron chi connectivity index (χ0n) is 19.8. The van der Waals surface area contributed by atoms with Crippen LogP contribution in [0.2, 0.25) is 0 Å². The van der Waals surface area contributed by atoms with Crippen molar-refractivity contribution in [2.45, 2.75) is 13.8 Å². The van der Waals surface area contributed by atoms with Crippen LogP contribution in [-0.2, 0) is 4.74 Å². The Kier molecular flexibility index (Phi) is 8.23. The van der Waals surface area contributed by atoms with E-state index in [1.54, 1.807) is 30.3 Å². The Balaban J connectivity index is 1.52. The van der Waals surface area contributed by atoms with E-state index in [2.05, 4.69) is 15.5 Å². The fraction of sp³-hybridized carbons (Fsp3) is 0.308. The van der Waals surface area contributed by atoms with Crippen molar-refractivity contribution >= 4 is 40.2 Å². The number of morpholine rings is 1. The third-order valence-electron chi connectivity index (χ3n) is 5.41. The molecule has 1 aromatic heterocycles. The van der Waals surface area contributed by atoms with Gasteiger partial charge in [0.1, 0.15) is 11.5 Å². The third-order valence-corrected chi connectivity index (χ3v) is 6.28. The Morgan fingerprint density at radius 3 is 2.31 bits per heavy atom. The molecule has 8 nitrogen and oxygen atoms in total. The van der Waals surface area contributed by atoms with E-state index in [0.29, 0.717) is 59.7 Å². The summed E-state index contributed by atoms with van der Waals surface area (Å²) in [6.07, 6.45) is 0. The smallest absolute Gasteiger partial charge is 0.265 e. The Hall–Kier alpha value is -3.56. The number of ether oxygens (including phenoxy) is 3. The predicted octanol–water partition coefficient (Wildman–Crippen LogP) is 4.89. The van der Waals surface area contributed by atoms with Crippen LogP contribution >= 0.6 is 11.3 Å². The quantitative estimate of drug-likeness (QED) is 0.440. The van der Waals surface area contributed by atoms with Gasteiger partial charge in [0, 0.05) is 36.5 Å². The fourth-order valence-corrected chi connectivity index (χ4v) is 4.36. The molecule has 1 saturated heterocycles. The number of nitrogens with one attached hydrogen (secondary N) is 2. The molecule has 0 spiro atoms. The molecular formula is C26H29N3O5S. The molecule has 0 saturated carbocycles. The number of carbonyl (C=O) groups excluding carboxylic acids is 2. The number of benzene rings is 2. The molecule has 0 unspecified atom stereocenters. The van der Waals surface area contributed by atoms with Crippen LogP contribution < -0.4 is 25.0 Å². The van der Waals surface area contributed by atoms with Gasteiger partial charge in [0.25, 0.3) is 11.8 Å². The number of hydrogen-bond acceptors (Lipinski definition) is 7. The first-order valence-corrected chi connectivity index (χ1v) is 12.5. The highest BCUT2D eigenvalue weighted by atomic mass is 32.1. The van der Waals surface area contributed by atoms with Gasteiger partial charge in [-0.25, -0.2) is 0 Å². The highest BCUT2D eigenvalue weighted by Crippen LogP contribution is 2.39. The van der Waals surface area contributed by atoms with E-state index < -0.39 is 0 Å². The second kappa shape index (κ2) is 11.7. The van der Waals surface area contributed by atoms with Crippen LogP contribution in [0.25, 0.3) is 0 Å². The first-order valence-electron chi connectivity index (χ1n) is 11.6. The predicted molar refractivity (Wildman–Crippen MR) is 138 cm³/mol. The third kappa shape index (κ3) is 6.12. The fourth-order valence-electron chi connectivity index (χ4n) is 3.74. The van der Waals surface area contributed by atoms with Crippen molar-refractivity contribution in [1.82, 2.24) is 0 Å². The van der Waals surface area contributed by atoms with Crippen molar-refractivity contribution in [1.29, 1.82) is 0 Å². The van der Waals surface area contributed by atoms with E-state index in [4.69, 9.17) is 14.2 Å². The largest absolute Gasteiger partial charge is 0.492 e. The minimum Gasteiger partial charge on any atom is -0.492 e. The molecule has 3 aromatic rings. The lowest BCUT2D eigenvalue weighted by atomic mass is 10.1. The molecule has 0 aliphatic carbocycles. The SMILES string of the molecule is CCOc1cc(N2CCOCC2)c(OCC)cc1NC(=O)c1ccc(NC(=O)c2cccs2)cc1. The van der Waals surface area contributed by atoms with Crippen molar-refractivity contribution in [2.24, 2.45) is 0 Å². The van der Waals surface area contributed by atoms with Crippen LogP contribution in [-0.4, -0.2) is 51.3 Å². The number of thiophene rings is 1. The zero-order valence-corrected chi connectivity index (χ0v) is 20.7. The lowest BCUT2D eigenvalue weighted by Crippen LogP contribution is -2.36. The van der Waals surface area contributed by atoms with E-state index in [0.717, 1.165) is 18.8 Å². The second-order valence-electron chi connectivity index (χ2n) is 7.74. The maximum Gasteiger partial charge on any atom is 0.265 e. The Bertz CT molecular complexity index is 1140. The van der Waals surface area contributed by atoms with Gasteiger partial charge in [-0.05, 0) is 49.6 Å². The van der Waals surface area contributed by atoms with Gasteiger partial charge in [-0.1, -0.05) is 6.07 Å². The second-order valence-corrected chi connectivity index (χ2v) is 8.69. The maximum atomic E-state index is 13.0. The number of nitrogens with zero attached hydrogens (tertiary/aromatic N) is 1. The van der Waals surface area contributed by atoms with E-state index in [-0.39, 0.29) is 11.8 Å². The molecule has 0 atom stereocenters. The summed E-state index contributed by atoms with van der Waals surface area (Å²) in [4.78, 5) is 28.1. The van der Waals surface area contributed by atoms with Gasteiger partial charge >= 0.3 is 0 Å². The molecule has 1 fully saturated rings. The number of carbonyl (C=O) groups is 2. The van der Waals surface area contributed by atoms with E-state index in [1.807, 2.05) is 37.4 Å². The van der Waals surface area contributed by atoms with Gasteiger partial charge in [-0.2, -0.15) is 0 Å². The summed E-state index contributed by atoms with van der Waals surface area (Å²) in [5.74, 6) is 0.788. The number of rotatable bonds is 9. The van der Waals surface area contributed by atoms with Gasteiger partial charge in [-0.15, -0.1) is 11.3 Å². The van der Waals surface area contributed by atoms with Crippen LogP contribution in [0.3, 0.4) is 0 Å². The minimum atomic E-state index is -0.288. The highest BCUT2D eigenvalue weighted by molar-refractivity contribution is 7.12. The van der Waals surface area contributed by atoms with Gasteiger partial charge in [0.05, 0.1) is 42.7 Å². The summed E-state index contributed by atoms with van der Waals surface area (Å²) >= 11 is 1.37. The van der Waals surface area contributed by atoms with Crippen LogP contribution in [0.15, 0.2) is 53.9 Å². The van der Waals surface area contributed by atoms with Gasteiger partial charge in [0.2, 0.25) is 0 Å². The first-order chi connectivity index (χ1) is 17.1. The Morgan fingerprint density at radius 2 is 1.66 bits per heavy atom. The average molecular weight is 496 g/mol. The van der Waals surface area contributed by atoms with Crippen LogP contribution in [0.4, 0.5) is 17.1 Å². The summed E-state index contributed by atoms with van der Waals surface area (Å²) in [7, 11) is 0. The number of hydrogen-bond donors (Lipinski definition) is 2. The highest BCUT2D eigenvalue weighted by Gasteiger charge is 2.21. The number of anilines is 3. The summed E-state index contributed by atoms with van der Waals surface area (Å²) < 4.78 is 17.2. The van der Waals surface area contributed by atoms with Gasteiger partial charge in [0.15, 0.2) is 0 Å². The maximum absolute atomic E-state index is 13.0. The van der Waals surface area contributed by atoms with Crippen molar-refractivity contribution in [3.05, 3.63) is 64.4 Å². The van der Waals surface area contributed by atoms with Crippen molar-refractivity contribution in [3.8, 4) is 11.5 Å². The molecule has 1 aliphatic heterocycles. The molecule has 2 amide bonds. The van der Waals surface area contributed by atoms with E-state index in [1.165, 1.54) is 11.3 Å². The standard InChI is InChI=1S/C26H29N3O5S/c1-3-33-22-17-21(29-11-13-32-14-12-29)23(34-4-2)16-20(22)28-25(30)18-7-9-19(10-8-18)27-26(31)24-6-5-15-35-24/h5-10,15-17H,3-4,11-14H2,1-2H3,(H,27,31)(H,28,30). The molecule has 9 heteroatoms. The lowest BCUT2D eigenvalue weighted by Gasteiger charge is -2.31. The first kappa shape index (κ1) is 24.6. The molecular weight excluding hydrogens is 466 g/mol. The number of amides is 2. The molecule has 2 heterocycles. The molecule has 2 N–H and O–H groups in total. The van der Waals surface area contributed by atoms with Crippen LogP contribution in [0.1, 0.15) is 33.9 Å². The molecule has 1 aliphatic rings. The Morgan fingerprint density at radius 1 is 0.943 bits per heavy atom. The average Bonchev–Trinajstić information content (AvgIpc) is 3.42. The topological polar surface area (TPSA) is 89.1 Å². The molecule has 184 valence electrons. The van der Waals surface area contributed by atoms with Gasteiger partial charge in [-0.3, -0.25) is 9.59 Å². The molecule has 4 rings (SSSR count). The van der Waals surface area contributed by atoms with E-state index in [9.17, 15) is 9.59 Å². The summed E-state index contributed by atoms with van der Waals surface area (Å²) in [5.41, 5.74) is 2.52. The molecule has 2 aromatic carbocycles. The normalized spacial score (nSPS) is 13.3. The summed E-state index contributed by atoms with van der Waals surface area (Å²) in [5, 5.41) is 7.64. The molecule has 0 bridgehead atoms. The summed E-state index contributed by atoms with van der Waals surface area (Å²) in [6.45, 7) is 7.60.